The van der Waals surface area contributed by atoms with E-state index in [1.807, 2.05) is 0 Å². The third-order valence-electron chi connectivity index (χ3n) is 14.8. The zero-order chi connectivity index (χ0) is 46.7. The molecule has 0 unspecified atom stereocenters. The van der Waals surface area contributed by atoms with Crippen LogP contribution in [0.5, 0.6) is 0 Å². The van der Waals surface area contributed by atoms with Gasteiger partial charge in [-0.2, -0.15) is 0 Å². The van der Waals surface area contributed by atoms with Gasteiger partial charge >= 0.3 is 0 Å². The number of hydrogen-bond donors (Lipinski definition) is 0. The molecule has 0 heterocycles. The molecule has 0 saturated heterocycles. The third kappa shape index (κ3) is 6.91. The number of fused-ring (bicyclic) bond motifs is 6. The van der Waals surface area contributed by atoms with E-state index >= 15 is 0 Å². The molecule has 70 heavy (non-hydrogen) atoms. The van der Waals surface area contributed by atoms with Crippen LogP contribution in [0, 0.1) is 0 Å². The van der Waals surface area contributed by atoms with Gasteiger partial charge in [-0.05, 0) is 180 Å². The van der Waals surface area contributed by atoms with Gasteiger partial charge in [-0.15, -0.1) is 0 Å². The maximum absolute atomic E-state index is 2.44. The van der Waals surface area contributed by atoms with Crippen molar-refractivity contribution >= 4 is 76.8 Å². The Bertz CT molecular complexity index is 4290. The highest BCUT2D eigenvalue weighted by Gasteiger charge is 2.20. The Labute approximate surface area is 408 Å². The van der Waals surface area contributed by atoms with E-state index in [-0.39, 0.29) is 0 Å². The van der Waals surface area contributed by atoms with Crippen LogP contribution in [-0.4, -0.2) is 0 Å². The van der Waals surface area contributed by atoms with Crippen LogP contribution in [0.1, 0.15) is 13.8 Å². The van der Waals surface area contributed by atoms with Crippen molar-refractivity contribution in [2.75, 3.05) is 0 Å². The van der Waals surface area contributed by atoms with Crippen molar-refractivity contribution in [3.8, 4) is 66.8 Å². The molecule has 328 valence electrons. The summed E-state index contributed by atoms with van der Waals surface area (Å²) in [5, 5.41) is 17.5. The first-order chi connectivity index (χ1) is 34.6. The van der Waals surface area contributed by atoms with Crippen LogP contribution >= 0.6 is 0 Å². The van der Waals surface area contributed by atoms with Crippen molar-refractivity contribution in [1.29, 1.82) is 0 Å². The standard InChI is InChI=1S/C70H48/c1-3-45-25-36-55(41-46(45)4-2)49-26-32-51(33-27-49)67-59-19-9-11-21-61(59)68(62-22-12-10-20-60(62)67)52-34-28-50(29-35-52)56-39-40-65-66(44-56)70(58-38-31-48-16-6-8-18-54(48)43-58)64-24-14-13-23-63(64)69(65)57-37-30-47-15-5-7-17-53(47)42-57/h3-44H,1-2H3/b45-3-,46-4-. The molecule has 0 amide bonds. The molecule has 0 aromatic heterocycles. The molecule has 0 radical (unpaired) electrons. The minimum Gasteiger partial charge on any atom is -0.0798 e. The number of rotatable bonds is 6. The summed E-state index contributed by atoms with van der Waals surface area (Å²) in [4.78, 5) is 0. The van der Waals surface area contributed by atoms with Crippen molar-refractivity contribution in [1.82, 2.24) is 0 Å². The van der Waals surface area contributed by atoms with Gasteiger partial charge in [0, 0.05) is 0 Å². The van der Waals surface area contributed by atoms with Crippen molar-refractivity contribution < 1.29 is 0 Å². The molecule has 0 atom stereocenters. The molecule has 0 heteroatoms. The van der Waals surface area contributed by atoms with Crippen LogP contribution in [0.4, 0.5) is 0 Å². The first-order valence-electron chi connectivity index (χ1n) is 24.5. The summed E-state index contributed by atoms with van der Waals surface area (Å²) in [6.07, 6.45) is 4.37. The van der Waals surface area contributed by atoms with Crippen molar-refractivity contribution in [2.45, 2.75) is 13.8 Å². The molecule has 0 N–H and O–H groups in total. The van der Waals surface area contributed by atoms with Gasteiger partial charge in [0.2, 0.25) is 0 Å². The third-order valence-corrected chi connectivity index (χ3v) is 14.8. The highest BCUT2D eigenvalue weighted by molar-refractivity contribution is 6.23. The second kappa shape index (κ2) is 17.0. The van der Waals surface area contributed by atoms with E-state index in [9.17, 15) is 0 Å². The second-order valence-electron chi connectivity index (χ2n) is 18.6. The summed E-state index contributed by atoms with van der Waals surface area (Å²) in [7, 11) is 0. The van der Waals surface area contributed by atoms with E-state index in [1.165, 1.54) is 142 Å². The summed E-state index contributed by atoms with van der Waals surface area (Å²) in [6.45, 7) is 4.21. The topological polar surface area (TPSA) is 0 Å². The molecule has 13 rings (SSSR count). The van der Waals surface area contributed by atoms with E-state index in [1.54, 1.807) is 0 Å². The molecule has 0 aliphatic rings. The Hall–Kier alpha value is -8.84. The van der Waals surface area contributed by atoms with Crippen LogP contribution in [0.3, 0.4) is 0 Å². The minimum absolute atomic E-state index is 1.19. The molecular formula is C70H48. The SMILES string of the molecule is C/C=c1/ccc(-c2ccc(-c3c4ccccc4c(-c4ccc(-c5ccc6c(-c7ccc8ccccc8c7)c7ccccc7c(-c7ccc8ccccc8c7)c6c5)cc4)c4ccccc34)cc2)c/c1=C/C. The van der Waals surface area contributed by atoms with Crippen molar-refractivity contribution in [3.05, 3.63) is 253 Å². The number of benzene rings is 13. The smallest absolute Gasteiger partial charge is 0.00259 e. The molecule has 13 aromatic rings. The van der Waals surface area contributed by atoms with Crippen LogP contribution in [0.2, 0.25) is 0 Å². The van der Waals surface area contributed by atoms with E-state index in [2.05, 4.69) is 269 Å². The lowest BCUT2D eigenvalue weighted by atomic mass is 9.84. The van der Waals surface area contributed by atoms with Crippen molar-refractivity contribution in [3.63, 3.8) is 0 Å². The zero-order valence-corrected chi connectivity index (χ0v) is 39.2. The molecule has 0 nitrogen and oxygen atoms in total. The molecular weight excluding hydrogens is 841 g/mol. The Balaban J connectivity index is 0.957. The molecule has 0 aliphatic heterocycles. The maximum atomic E-state index is 2.44. The van der Waals surface area contributed by atoms with Gasteiger partial charge in [-0.1, -0.05) is 231 Å². The first-order valence-corrected chi connectivity index (χ1v) is 24.5. The highest BCUT2D eigenvalue weighted by atomic mass is 14.2. The lowest BCUT2D eigenvalue weighted by Gasteiger charge is -2.20. The van der Waals surface area contributed by atoms with Crippen LogP contribution in [0.15, 0.2) is 243 Å². The predicted molar refractivity (Wildman–Crippen MR) is 304 cm³/mol. The summed E-state index contributed by atoms with van der Waals surface area (Å²) in [6, 6.07) is 90.5. The maximum Gasteiger partial charge on any atom is -0.00259 e. The van der Waals surface area contributed by atoms with E-state index < -0.39 is 0 Å². The average Bonchev–Trinajstić information content (AvgIpc) is 3.43. The summed E-state index contributed by atoms with van der Waals surface area (Å²) >= 11 is 0. The largest absolute Gasteiger partial charge is 0.0798 e. The van der Waals surface area contributed by atoms with Crippen LogP contribution in [0.25, 0.3) is 144 Å². The fourth-order valence-electron chi connectivity index (χ4n) is 11.3. The quantitative estimate of drug-likeness (QED) is 0.146. The molecule has 0 fully saturated rings. The van der Waals surface area contributed by atoms with E-state index in [0.29, 0.717) is 0 Å². The molecule has 0 aliphatic carbocycles. The van der Waals surface area contributed by atoms with Crippen LogP contribution in [-0.2, 0) is 0 Å². The van der Waals surface area contributed by atoms with Gasteiger partial charge in [0.15, 0.2) is 0 Å². The average molecular weight is 889 g/mol. The Morgan fingerprint density at radius 2 is 0.514 bits per heavy atom. The molecule has 13 aromatic carbocycles. The molecule has 0 bridgehead atoms. The summed E-state index contributed by atoms with van der Waals surface area (Å²) in [5.74, 6) is 0. The minimum atomic E-state index is 1.19. The van der Waals surface area contributed by atoms with Gasteiger partial charge in [0.1, 0.15) is 0 Å². The predicted octanol–water partition coefficient (Wildman–Crippen LogP) is 18.2. The lowest BCUT2D eigenvalue weighted by Crippen LogP contribution is -2.23. The normalized spacial score (nSPS) is 12.3. The Morgan fingerprint density at radius 3 is 0.957 bits per heavy atom. The number of hydrogen-bond acceptors (Lipinski definition) is 0. The summed E-state index contributed by atoms with van der Waals surface area (Å²) < 4.78 is 0. The van der Waals surface area contributed by atoms with Gasteiger partial charge < -0.3 is 0 Å². The van der Waals surface area contributed by atoms with Gasteiger partial charge in [0.25, 0.3) is 0 Å². The van der Waals surface area contributed by atoms with Gasteiger partial charge in [-0.3, -0.25) is 0 Å². The monoisotopic (exact) mass is 888 g/mol. The molecule has 0 saturated carbocycles. The summed E-state index contributed by atoms with van der Waals surface area (Å²) in [5.41, 5.74) is 14.8. The van der Waals surface area contributed by atoms with Crippen LogP contribution < -0.4 is 10.4 Å². The highest BCUT2D eigenvalue weighted by Crippen LogP contribution is 2.47. The van der Waals surface area contributed by atoms with Gasteiger partial charge in [0.05, 0.1) is 0 Å². The second-order valence-corrected chi connectivity index (χ2v) is 18.6. The fraction of sp³-hybridized carbons (Fsp3) is 0.0286. The molecule has 0 spiro atoms. The van der Waals surface area contributed by atoms with E-state index in [4.69, 9.17) is 0 Å². The zero-order valence-electron chi connectivity index (χ0n) is 39.2. The Kier molecular flexibility index (Phi) is 10.1. The lowest BCUT2D eigenvalue weighted by molar-refractivity contribution is 1.48. The van der Waals surface area contributed by atoms with Gasteiger partial charge in [-0.25, -0.2) is 0 Å². The fourth-order valence-corrected chi connectivity index (χ4v) is 11.3. The van der Waals surface area contributed by atoms with Crippen molar-refractivity contribution in [2.24, 2.45) is 0 Å². The first kappa shape index (κ1) is 41.4. The van der Waals surface area contributed by atoms with E-state index in [0.717, 1.165) is 0 Å². The Morgan fingerprint density at radius 1 is 0.200 bits per heavy atom.